The third-order valence-corrected chi connectivity index (χ3v) is 5.92. The predicted octanol–water partition coefficient (Wildman–Crippen LogP) is 5.05. The second-order valence-electron chi connectivity index (χ2n) is 6.99. The number of nitrogens with one attached hydrogen (secondary N) is 1. The smallest absolute Gasteiger partial charge is 0.267 e. The maximum atomic E-state index is 13.0. The van der Waals surface area contributed by atoms with Crippen molar-refractivity contribution >= 4 is 22.9 Å². The van der Waals surface area contributed by atoms with E-state index in [1.807, 2.05) is 73.1 Å². The Labute approximate surface area is 190 Å². The van der Waals surface area contributed by atoms with Gasteiger partial charge in [-0.15, -0.1) is 11.3 Å². The molecule has 0 aliphatic rings. The molecule has 0 saturated carbocycles. The molecule has 8 heteroatoms. The fourth-order valence-electron chi connectivity index (χ4n) is 3.15. The lowest BCUT2D eigenvalue weighted by Crippen LogP contribution is -2.13. The summed E-state index contributed by atoms with van der Waals surface area (Å²) in [6, 6.07) is 15.1. The molecule has 0 aliphatic carbocycles. The third-order valence-electron chi connectivity index (χ3n) is 4.72. The molecule has 1 N–H and O–H groups in total. The number of imidazole rings is 1. The lowest BCUT2D eigenvalue weighted by atomic mass is 10.2. The highest BCUT2D eigenvalue weighted by atomic mass is 32.1. The highest BCUT2D eigenvalue weighted by Crippen LogP contribution is 2.31. The molecule has 164 valence electrons. The van der Waals surface area contributed by atoms with E-state index in [0.717, 1.165) is 16.3 Å². The predicted molar refractivity (Wildman–Crippen MR) is 126 cm³/mol. The standard InChI is InChI=1S/C24H24N4O3S/c1-3-30-19-10-8-18(9-11-19)24-26-17(2)22(32-24)23(29)27-20-6-4-5-7-21(20)31-15-14-28-13-12-25-16-28/h4-13,16H,3,14-15H2,1-2H3,(H,27,29). The summed E-state index contributed by atoms with van der Waals surface area (Å²) < 4.78 is 13.3. The van der Waals surface area contributed by atoms with Gasteiger partial charge in [-0.25, -0.2) is 9.97 Å². The van der Waals surface area contributed by atoms with Crippen molar-refractivity contribution in [3.63, 3.8) is 0 Å². The number of amides is 1. The van der Waals surface area contributed by atoms with Crippen LogP contribution in [0, 0.1) is 6.92 Å². The zero-order valence-corrected chi connectivity index (χ0v) is 18.8. The molecule has 4 aromatic rings. The molecule has 2 aromatic carbocycles. The Balaban J connectivity index is 1.45. The van der Waals surface area contributed by atoms with Crippen molar-refractivity contribution in [2.75, 3.05) is 18.5 Å². The first-order chi connectivity index (χ1) is 15.6. The molecular weight excluding hydrogens is 424 g/mol. The van der Waals surface area contributed by atoms with Gasteiger partial charge in [0.1, 0.15) is 28.0 Å². The van der Waals surface area contributed by atoms with Crippen molar-refractivity contribution < 1.29 is 14.3 Å². The number of rotatable bonds is 9. The van der Waals surface area contributed by atoms with Crippen molar-refractivity contribution in [2.24, 2.45) is 0 Å². The number of carbonyl (C=O) groups excluding carboxylic acids is 1. The zero-order chi connectivity index (χ0) is 22.3. The first-order valence-electron chi connectivity index (χ1n) is 10.3. The Morgan fingerprint density at radius 2 is 1.94 bits per heavy atom. The number of aryl methyl sites for hydroxylation is 1. The molecule has 2 aromatic heterocycles. The Kier molecular flexibility index (Phi) is 6.81. The topological polar surface area (TPSA) is 78.3 Å². The average molecular weight is 449 g/mol. The molecule has 0 fully saturated rings. The molecule has 32 heavy (non-hydrogen) atoms. The molecule has 1 amide bonds. The monoisotopic (exact) mass is 448 g/mol. The summed E-state index contributed by atoms with van der Waals surface area (Å²) in [7, 11) is 0. The number of benzene rings is 2. The maximum absolute atomic E-state index is 13.0. The van der Waals surface area contributed by atoms with Gasteiger partial charge in [0.2, 0.25) is 0 Å². The van der Waals surface area contributed by atoms with Crippen LogP contribution in [0.2, 0.25) is 0 Å². The number of nitrogens with zero attached hydrogens (tertiary/aromatic N) is 3. The molecule has 0 spiro atoms. The summed E-state index contributed by atoms with van der Waals surface area (Å²) in [6.07, 6.45) is 5.35. The summed E-state index contributed by atoms with van der Waals surface area (Å²) in [6.45, 7) is 5.55. The van der Waals surface area contributed by atoms with Crippen LogP contribution in [0.25, 0.3) is 10.6 Å². The first kappa shape index (κ1) is 21.6. The minimum Gasteiger partial charge on any atom is -0.494 e. The summed E-state index contributed by atoms with van der Waals surface area (Å²) in [5.41, 5.74) is 2.26. The summed E-state index contributed by atoms with van der Waals surface area (Å²) in [5, 5.41) is 3.76. The largest absolute Gasteiger partial charge is 0.494 e. The van der Waals surface area contributed by atoms with Gasteiger partial charge in [0.05, 0.1) is 30.9 Å². The van der Waals surface area contributed by atoms with Crippen LogP contribution in [0.3, 0.4) is 0 Å². The summed E-state index contributed by atoms with van der Waals surface area (Å²) >= 11 is 1.37. The fraction of sp³-hybridized carbons (Fsp3) is 0.208. The van der Waals surface area contributed by atoms with Crippen LogP contribution < -0.4 is 14.8 Å². The molecule has 0 aliphatic heterocycles. The van der Waals surface area contributed by atoms with Crippen molar-refractivity contribution in [3.05, 3.63) is 77.8 Å². The van der Waals surface area contributed by atoms with E-state index in [-0.39, 0.29) is 5.91 Å². The molecule has 0 unspecified atom stereocenters. The quantitative estimate of drug-likeness (QED) is 0.388. The maximum Gasteiger partial charge on any atom is 0.267 e. The van der Waals surface area contributed by atoms with Crippen LogP contribution >= 0.6 is 11.3 Å². The Morgan fingerprint density at radius 1 is 1.12 bits per heavy atom. The van der Waals surface area contributed by atoms with E-state index < -0.39 is 0 Å². The van der Waals surface area contributed by atoms with Crippen LogP contribution in [0.5, 0.6) is 11.5 Å². The van der Waals surface area contributed by atoms with Gasteiger partial charge in [0.15, 0.2) is 0 Å². The molecular formula is C24H24N4O3S. The third kappa shape index (κ3) is 5.15. The van der Waals surface area contributed by atoms with Gasteiger partial charge in [-0.05, 0) is 50.2 Å². The number of aromatic nitrogens is 3. The molecule has 4 rings (SSSR count). The SMILES string of the molecule is CCOc1ccc(-c2nc(C)c(C(=O)Nc3ccccc3OCCn3ccnc3)s2)cc1. The Morgan fingerprint density at radius 3 is 2.69 bits per heavy atom. The second kappa shape index (κ2) is 10.1. The Bertz CT molecular complexity index is 1170. The van der Waals surface area contributed by atoms with Gasteiger partial charge in [-0.2, -0.15) is 0 Å². The van der Waals surface area contributed by atoms with E-state index in [4.69, 9.17) is 9.47 Å². The number of hydrogen-bond acceptors (Lipinski definition) is 6. The van der Waals surface area contributed by atoms with E-state index in [1.165, 1.54) is 11.3 Å². The zero-order valence-electron chi connectivity index (χ0n) is 17.9. The van der Waals surface area contributed by atoms with Crippen LogP contribution in [-0.4, -0.2) is 33.7 Å². The number of carbonyl (C=O) groups is 1. The molecule has 0 bridgehead atoms. The fourth-order valence-corrected chi connectivity index (χ4v) is 4.11. The molecule has 0 atom stereocenters. The Hall–Kier alpha value is -3.65. The van der Waals surface area contributed by atoms with Crippen molar-refractivity contribution in [1.29, 1.82) is 0 Å². The number of ether oxygens (including phenoxy) is 2. The second-order valence-corrected chi connectivity index (χ2v) is 7.99. The minimum atomic E-state index is -0.206. The van der Waals surface area contributed by atoms with Gasteiger partial charge in [-0.1, -0.05) is 12.1 Å². The highest BCUT2D eigenvalue weighted by molar-refractivity contribution is 7.17. The van der Waals surface area contributed by atoms with Crippen molar-refractivity contribution in [1.82, 2.24) is 14.5 Å². The minimum absolute atomic E-state index is 0.206. The van der Waals surface area contributed by atoms with Gasteiger partial charge < -0.3 is 19.4 Å². The summed E-state index contributed by atoms with van der Waals surface area (Å²) in [5.74, 6) is 1.23. The van der Waals surface area contributed by atoms with Gasteiger partial charge >= 0.3 is 0 Å². The lowest BCUT2D eigenvalue weighted by Gasteiger charge is -2.12. The summed E-state index contributed by atoms with van der Waals surface area (Å²) in [4.78, 5) is 22.2. The first-order valence-corrected chi connectivity index (χ1v) is 11.1. The number of hydrogen-bond donors (Lipinski definition) is 1. The molecule has 2 heterocycles. The van der Waals surface area contributed by atoms with Crippen LogP contribution in [-0.2, 0) is 6.54 Å². The van der Waals surface area contributed by atoms with Gasteiger partial charge in [-0.3, -0.25) is 4.79 Å². The van der Waals surface area contributed by atoms with Gasteiger partial charge in [0.25, 0.3) is 5.91 Å². The molecule has 0 radical (unpaired) electrons. The van der Waals surface area contributed by atoms with Crippen LogP contribution in [0.4, 0.5) is 5.69 Å². The van der Waals surface area contributed by atoms with Crippen molar-refractivity contribution in [3.8, 4) is 22.1 Å². The number of anilines is 1. The van der Waals surface area contributed by atoms with E-state index in [2.05, 4.69) is 15.3 Å². The van der Waals surface area contributed by atoms with Crippen LogP contribution in [0.15, 0.2) is 67.3 Å². The number of para-hydroxylation sites is 2. The van der Waals surface area contributed by atoms with E-state index in [9.17, 15) is 4.79 Å². The average Bonchev–Trinajstić information content (AvgIpc) is 3.45. The molecule has 7 nitrogen and oxygen atoms in total. The number of thiazole rings is 1. The lowest BCUT2D eigenvalue weighted by molar-refractivity contribution is 0.102. The van der Waals surface area contributed by atoms with E-state index >= 15 is 0 Å². The normalized spacial score (nSPS) is 10.7. The highest BCUT2D eigenvalue weighted by Gasteiger charge is 2.18. The van der Waals surface area contributed by atoms with Gasteiger partial charge in [0, 0.05) is 18.0 Å². The molecule has 0 saturated heterocycles. The van der Waals surface area contributed by atoms with E-state index in [0.29, 0.717) is 41.8 Å². The van der Waals surface area contributed by atoms with E-state index in [1.54, 1.807) is 12.5 Å². The van der Waals surface area contributed by atoms with Crippen LogP contribution in [0.1, 0.15) is 22.3 Å². The van der Waals surface area contributed by atoms with Crippen molar-refractivity contribution in [2.45, 2.75) is 20.4 Å².